The fourth-order valence-corrected chi connectivity index (χ4v) is 4.79. The van der Waals surface area contributed by atoms with Crippen LogP contribution in [-0.2, 0) is 6.61 Å². The highest BCUT2D eigenvalue weighted by Crippen LogP contribution is 2.43. The molecule has 1 unspecified atom stereocenters. The van der Waals surface area contributed by atoms with Gasteiger partial charge in [-0.2, -0.15) is 5.10 Å². The van der Waals surface area contributed by atoms with Gasteiger partial charge in [0.15, 0.2) is 0 Å². The molecular formula is C28H25Cl2N3O2. The summed E-state index contributed by atoms with van der Waals surface area (Å²) in [6.45, 7) is 5.24. The number of hydrogen-bond donors (Lipinski definition) is 1. The van der Waals surface area contributed by atoms with Crippen molar-refractivity contribution in [1.82, 2.24) is 15.1 Å². The number of nitrogens with one attached hydrogen (secondary N) is 1. The van der Waals surface area contributed by atoms with E-state index in [2.05, 4.69) is 24.0 Å². The molecule has 7 heteroatoms. The van der Waals surface area contributed by atoms with Gasteiger partial charge in [-0.1, -0.05) is 79.5 Å². The molecule has 1 aliphatic heterocycles. The molecule has 178 valence electrons. The van der Waals surface area contributed by atoms with Gasteiger partial charge in [0, 0.05) is 33.3 Å². The molecule has 0 fully saturated rings. The standard InChI is InChI=1S/C28H25Cl2N3O2/c1-17(2)15-33-27(19-9-13-22(14-10-19)35-16-20-5-3-4-6-23(20)30)24-25(31-32-26(24)28(33)34)18-7-11-21(29)12-8-18/h3-14,17,27H,15-16H2,1-2H3,(H,31,32). The smallest absolute Gasteiger partial charge is 0.273 e. The molecule has 1 N–H and O–H groups in total. The lowest BCUT2D eigenvalue weighted by atomic mass is 9.95. The summed E-state index contributed by atoms with van der Waals surface area (Å²) < 4.78 is 5.97. The number of aromatic nitrogens is 2. The summed E-state index contributed by atoms with van der Waals surface area (Å²) in [5.74, 6) is 1.01. The normalized spacial score (nSPS) is 15.1. The minimum atomic E-state index is -0.248. The Balaban J connectivity index is 1.47. The Morgan fingerprint density at radius 2 is 1.71 bits per heavy atom. The largest absolute Gasteiger partial charge is 0.489 e. The number of halogens is 2. The fourth-order valence-electron chi connectivity index (χ4n) is 4.48. The van der Waals surface area contributed by atoms with Crippen LogP contribution in [0.4, 0.5) is 0 Å². The molecule has 0 spiro atoms. The van der Waals surface area contributed by atoms with Crippen molar-refractivity contribution in [3.05, 3.63) is 105 Å². The third-order valence-corrected chi connectivity index (χ3v) is 6.71. The molecule has 5 rings (SSSR count). The average molecular weight is 506 g/mol. The molecule has 35 heavy (non-hydrogen) atoms. The van der Waals surface area contributed by atoms with Crippen molar-refractivity contribution >= 4 is 29.1 Å². The first-order chi connectivity index (χ1) is 16.9. The molecule has 0 aliphatic carbocycles. The number of carbonyl (C=O) groups excluding carboxylic acids is 1. The van der Waals surface area contributed by atoms with E-state index in [1.54, 1.807) is 0 Å². The van der Waals surface area contributed by atoms with Gasteiger partial charge in [-0.25, -0.2) is 0 Å². The Labute approximate surface area is 214 Å². The van der Waals surface area contributed by atoms with Crippen molar-refractivity contribution in [3.63, 3.8) is 0 Å². The Morgan fingerprint density at radius 1 is 1.00 bits per heavy atom. The van der Waals surface area contributed by atoms with Crippen molar-refractivity contribution < 1.29 is 9.53 Å². The van der Waals surface area contributed by atoms with Crippen molar-refractivity contribution in [2.75, 3.05) is 6.54 Å². The number of benzene rings is 3. The van der Waals surface area contributed by atoms with E-state index in [1.165, 1.54) is 0 Å². The predicted octanol–water partition coefficient (Wildman–Crippen LogP) is 7.16. The number of amides is 1. The van der Waals surface area contributed by atoms with Gasteiger partial charge in [0.2, 0.25) is 0 Å². The van der Waals surface area contributed by atoms with Crippen LogP contribution in [0.3, 0.4) is 0 Å². The molecule has 5 nitrogen and oxygen atoms in total. The molecule has 3 aromatic carbocycles. The number of nitrogens with zero attached hydrogens (tertiary/aromatic N) is 2. The third kappa shape index (κ3) is 4.66. The highest BCUT2D eigenvalue weighted by atomic mass is 35.5. The lowest BCUT2D eigenvalue weighted by molar-refractivity contribution is 0.0722. The van der Waals surface area contributed by atoms with Crippen LogP contribution in [-0.4, -0.2) is 27.5 Å². The highest BCUT2D eigenvalue weighted by molar-refractivity contribution is 6.31. The van der Waals surface area contributed by atoms with Gasteiger partial charge in [0.25, 0.3) is 5.91 Å². The van der Waals surface area contributed by atoms with Crippen LogP contribution in [0.1, 0.15) is 47.1 Å². The van der Waals surface area contributed by atoms with E-state index in [0.29, 0.717) is 34.8 Å². The number of rotatable bonds is 7. The zero-order chi connectivity index (χ0) is 24.5. The summed E-state index contributed by atoms with van der Waals surface area (Å²) in [5, 5.41) is 8.84. The van der Waals surface area contributed by atoms with Crippen molar-refractivity contribution in [1.29, 1.82) is 0 Å². The monoisotopic (exact) mass is 505 g/mol. The molecule has 4 aromatic rings. The third-order valence-electron chi connectivity index (χ3n) is 6.09. The van der Waals surface area contributed by atoms with Crippen LogP contribution in [0, 0.1) is 5.92 Å². The quantitative estimate of drug-likeness (QED) is 0.289. The topological polar surface area (TPSA) is 58.2 Å². The zero-order valence-corrected chi connectivity index (χ0v) is 21.0. The van der Waals surface area contributed by atoms with Crippen LogP contribution in [0.25, 0.3) is 11.3 Å². The minimum Gasteiger partial charge on any atom is -0.489 e. The van der Waals surface area contributed by atoms with Gasteiger partial charge >= 0.3 is 0 Å². The first-order valence-electron chi connectivity index (χ1n) is 11.5. The van der Waals surface area contributed by atoms with Gasteiger partial charge < -0.3 is 9.64 Å². The molecule has 2 heterocycles. The maximum absolute atomic E-state index is 13.4. The van der Waals surface area contributed by atoms with Crippen LogP contribution < -0.4 is 4.74 Å². The molecule has 0 saturated carbocycles. The van der Waals surface area contributed by atoms with Gasteiger partial charge in [-0.3, -0.25) is 9.89 Å². The maximum Gasteiger partial charge on any atom is 0.273 e. The van der Waals surface area contributed by atoms with Crippen molar-refractivity contribution in [2.24, 2.45) is 5.92 Å². The van der Waals surface area contributed by atoms with Crippen LogP contribution in [0.5, 0.6) is 5.75 Å². The second kappa shape index (κ2) is 9.76. The molecule has 0 radical (unpaired) electrons. The molecular weight excluding hydrogens is 481 g/mol. The Morgan fingerprint density at radius 3 is 2.40 bits per heavy atom. The van der Waals surface area contributed by atoms with Crippen LogP contribution in [0.15, 0.2) is 72.8 Å². The lowest BCUT2D eigenvalue weighted by Gasteiger charge is -2.28. The first kappa shape index (κ1) is 23.5. The fraction of sp³-hybridized carbons (Fsp3) is 0.214. The number of aromatic amines is 1. The summed E-state index contributed by atoms with van der Waals surface area (Å²) in [5.41, 5.74) is 5.04. The highest BCUT2D eigenvalue weighted by Gasteiger charge is 2.42. The van der Waals surface area contributed by atoms with E-state index < -0.39 is 0 Å². The molecule has 1 aliphatic rings. The molecule has 0 bridgehead atoms. The number of fused-ring (bicyclic) bond motifs is 1. The first-order valence-corrected chi connectivity index (χ1v) is 12.3. The van der Waals surface area contributed by atoms with E-state index in [9.17, 15) is 4.79 Å². The predicted molar refractivity (Wildman–Crippen MR) is 139 cm³/mol. The van der Waals surface area contributed by atoms with Crippen molar-refractivity contribution in [2.45, 2.75) is 26.5 Å². The molecule has 1 aromatic heterocycles. The summed E-state index contributed by atoms with van der Waals surface area (Å²) in [7, 11) is 0. The van der Waals surface area contributed by atoms with Gasteiger partial charge in [-0.05, 0) is 41.8 Å². The van der Waals surface area contributed by atoms with E-state index in [-0.39, 0.29) is 11.9 Å². The van der Waals surface area contributed by atoms with E-state index in [1.807, 2.05) is 77.7 Å². The molecule has 1 amide bonds. The maximum atomic E-state index is 13.4. The Kier molecular flexibility index (Phi) is 6.54. The van der Waals surface area contributed by atoms with Gasteiger partial charge in [-0.15, -0.1) is 0 Å². The Bertz CT molecular complexity index is 1350. The van der Waals surface area contributed by atoms with Crippen molar-refractivity contribution in [3.8, 4) is 17.0 Å². The minimum absolute atomic E-state index is 0.0366. The van der Waals surface area contributed by atoms with Crippen LogP contribution >= 0.6 is 23.2 Å². The Hall–Kier alpha value is -3.28. The second-order valence-electron chi connectivity index (χ2n) is 9.07. The number of carbonyl (C=O) groups is 1. The average Bonchev–Trinajstić information content (AvgIpc) is 3.38. The molecule has 0 saturated heterocycles. The molecule has 1 atom stereocenters. The summed E-state index contributed by atoms with van der Waals surface area (Å²) >= 11 is 12.3. The van der Waals surface area contributed by atoms with E-state index in [0.717, 1.165) is 33.7 Å². The van der Waals surface area contributed by atoms with E-state index >= 15 is 0 Å². The van der Waals surface area contributed by atoms with Gasteiger partial charge in [0.05, 0.1) is 11.7 Å². The summed E-state index contributed by atoms with van der Waals surface area (Å²) in [4.78, 5) is 15.3. The zero-order valence-electron chi connectivity index (χ0n) is 19.5. The van der Waals surface area contributed by atoms with Gasteiger partial charge in [0.1, 0.15) is 18.1 Å². The lowest BCUT2D eigenvalue weighted by Crippen LogP contribution is -2.32. The van der Waals surface area contributed by atoms with E-state index in [4.69, 9.17) is 27.9 Å². The number of hydrogen-bond acceptors (Lipinski definition) is 3. The van der Waals surface area contributed by atoms with Crippen LogP contribution in [0.2, 0.25) is 10.0 Å². The summed E-state index contributed by atoms with van der Waals surface area (Å²) in [6, 6.07) is 22.8. The number of ether oxygens (including phenoxy) is 1. The number of H-pyrrole nitrogens is 1. The SMILES string of the molecule is CC(C)CN1C(=O)c2[nH]nc(-c3ccc(Cl)cc3)c2C1c1ccc(OCc2ccccc2Cl)cc1. The summed E-state index contributed by atoms with van der Waals surface area (Å²) in [6.07, 6.45) is 0. The second-order valence-corrected chi connectivity index (χ2v) is 9.91.